The lowest BCUT2D eigenvalue weighted by atomic mass is 10.1. The molecule has 0 spiro atoms. The van der Waals surface area contributed by atoms with Gasteiger partial charge in [0.25, 0.3) is 5.91 Å². The zero-order valence-corrected chi connectivity index (χ0v) is 16.3. The van der Waals surface area contributed by atoms with Crippen LogP contribution in [0.3, 0.4) is 0 Å². The molecule has 0 bridgehead atoms. The first-order chi connectivity index (χ1) is 12.4. The van der Waals surface area contributed by atoms with Crippen LogP contribution >= 0.6 is 0 Å². The molecule has 8 heteroatoms. The molecule has 0 aliphatic carbocycles. The van der Waals surface area contributed by atoms with Gasteiger partial charge in [-0.25, -0.2) is 12.7 Å². The zero-order valence-electron chi connectivity index (χ0n) is 15.5. The normalized spacial score (nSPS) is 19.0. The summed E-state index contributed by atoms with van der Waals surface area (Å²) >= 11 is 0. The van der Waals surface area contributed by atoms with Crippen molar-refractivity contribution < 1.29 is 17.9 Å². The summed E-state index contributed by atoms with van der Waals surface area (Å²) in [6, 6.07) is 4.93. The van der Waals surface area contributed by atoms with E-state index in [0.717, 1.165) is 31.6 Å². The van der Waals surface area contributed by atoms with Gasteiger partial charge in [0.05, 0.1) is 23.7 Å². The molecule has 0 aromatic heterocycles. The van der Waals surface area contributed by atoms with Crippen LogP contribution in [0.2, 0.25) is 0 Å². The molecule has 1 aromatic carbocycles. The van der Waals surface area contributed by atoms with Crippen LogP contribution in [0.15, 0.2) is 23.1 Å². The predicted molar refractivity (Wildman–Crippen MR) is 100 cm³/mol. The van der Waals surface area contributed by atoms with Gasteiger partial charge in [-0.15, -0.1) is 0 Å². The average Bonchev–Trinajstić information content (AvgIpc) is 2.68. The number of rotatable bonds is 4. The molecule has 0 radical (unpaired) electrons. The van der Waals surface area contributed by atoms with Gasteiger partial charge >= 0.3 is 0 Å². The monoisotopic (exact) mass is 381 g/mol. The van der Waals surface area contributed by atoms with E-state index < -0.39 is 10.0 Å². The van der Waals surface area contributed by atoms with Crippen LogP contribution in [0.1, 0.15) is 29.6 Å². The number of amides is 1. The van der Waals surface area contributed by atoms with E-state index in [0.29, 0.717) is 31.9 Å². The van der Waals surface area contributed by atoms with Crippen molar-refractivity contribution in [1.82, 2.24) is 9.21 Å². The third-order valence-electron chi connectivity index (χ3n) is 4.97. The molecular weight excluding hydrogens is 354 g/mol. The molecule has 2 saturated heterocycles. The second-order valence-corrected chi connectivity index (χ2v) is 9.07. The average molecular weight is 381 g/mol. The molecule has 2 aliphatic heterocycles. The molecule has 1 aromatic rings. The Morgan fingerprint density at radius 3 is 2.31 bits per heavy atom. The van der Waals surface area contributed by atoms with Gasteiger partial charge in [-0.2, -0.15) is 0 Å². The van der Waals surface area contributed by atoms with Crippen LogP contribution in [0.25, 0.3) is 0 Å². The van der Waals surface area contributed by atoms with E-state index in [1.807, 2.05) is 0 Å². The fourth-order valence-corrected chi connectivity index (χ4v) is 4.33. The summed E-state index contributed by atoms with van der Waals surface area (Å²) in [5, 5.41) is 0. The maximum absolute atomic E-state index is 13.1. The lowest BCUT2D eigenvalue weighted by Gasteiger charge is -2.33. The van der Waals surface area contributed by atoms with Gasteiger partial charge in [0.2, 0.25) is 10.0 Å². The number of carbonyl (C=O) groups excluding carboxylic acids is 1. The topological polar surface area (TPSA) is 70.2 Å². The lowest BCUT2D eigenvalue weighted by molar-refractivity contribution is 0.0303. The smallest absolute Gasteiger partial charge is 0.256 e. The standard InChI is InChI=1S/C18H27N3O4S/c1-19(2)26(23,24)15-6-7-17(20-8-4-3-5-9-20)16(14-15)18(22)21-10-12-25-13-11-21/h6-7,14H,3-5,8-13H2,1-2H3. The number of anilines is 1. The molecule has 3 rings (SSSR count). The van der Waals surface area contributed by atoms with Crippen LogP contribution in [0, 0.1) is 0 Å². The number of carbonyl (C=O) groups is 1. The second-order valence-electron chi connectivity index (χ2n) is 6.92. The Bertz CT molecular complexity index is 752. The molecule has 7 nitrogen and oxygen atoms in total. The summed E-state index contributed by atoms with van der Waals surface area (Å²) in [6.07, 6.45) is 3.36. The third-order valence-corrected chi connectivity index (χ3v) is 6.78. The Kier molecular flexibility index (Phi) is 5.84. The summed E-state index contributed by atoms with van der Waals surface area (Å²) in [6.45, 7) is 3.87. The first kappa shape index (κ1) is 19.1. The van der Waals surface area contributed by atoms with Crippen LogP contribution in [-0.4, -0.2) is 77.0 Å². The van der Waals surface area contributed by atoms with Gasteiger partial charge in [0.15, 0.2) is 0 Å². The highest BCUT2D eigenvalue weighted by Crippen LogP contribution is 2.29. The summed E-state index contributed by atoms with van der Waals surface area (Å²) in [5.74, 6) is -0.121. The number of hydrogen-bond acceptors (Lipinski definition) is 5. The molecule has 0 atom stereocenters. The highest BCUT2D eigenvalue weighted by atomic mass is 32.2. The lowest BCUT2D eigenvalue weighted by Crippen LogP contribution is -2.41. The fourth-order valence-electron chi connectivity index (χ4n) is 3.41. The van der Waals surface area contributed by atoms with Crippen LogP contribution < -0.4 is 4.90 Å². The molecule has 0 saturated carbocycles. The molecule has 2 fully saturated rings. The number of piperidine rings is 1. The van der Waals surface area contributed by atoms with Crippen molar-refractivity contribution in [3.8, 4) is 0 Å². The summed E-state index contributed by atoms with van der Waals surface area (Å²) in [5.41, 5.74) is 1.30. The van der Waals surface area contributed by atoms with E-state index in [1.54, 1.807) is 17.0 Å². The third kappa shape index (κ3) is 3.87. The van der Waals surface area contributed by atoms with Crippen LogP contribution in [0.4, 0.5) is 5.69 Å². The maximum atomic E-state index is 13.1. The number of benzene rings is 1. The Labute approximate surface area is 155 Å². The van der Waals surface area contributed by atoms with Gasteiger partial charge in [0.1, 0.15) is 0 Å². The van der Waals surface area contributed by atoms with E-state index in [2.05, 4.69) is 4.90 Å². The van der Waals surface area contributed by atoms with E-state index in [-0.39, 0.29) is 10.8 Å². The zero-order chi connectivity index (χ0) is 18.7. The van der Waals surface area contributed by atoms with E-state index in [9.17, 15) is 13.2 Å². The van der Waals surface area contributed by atoms with Gasteiger partial charge in [-0.1, -0.05) is 0 Å². The van der Waals surface area contributed by atoms with Gasteiger partial charge in [0, 0.05) is 46.0 Å². The predicted octanol–water partition coefficient (Wildman–Crippen LogP) is 1.40. The number of ether oxygens (including phenoxy) is 1. The number of sulfonamides is 1. The summed E-state index contributed by atoms with van der Waals surface area (Å²) in [7, 11) is -0.597. The molecule has 144 valence electrons. The Balaban J connectivity index is 2.02. The van der Waals surface area contributed by atoms with Crippen LogP contribution in [-0.2, 0) is 14.8 Å². The van der Waals surface area contributed by atoms with Crippen molar-refractivity contribution in [2.24, 2.45) is 0 Å². The number of nitrogens with zero attached hydrogens (tertiary/aromatic N) is 3. The number of hydrogen-bond donors (Lipinski definition) is 0. The second kappa shape index (κ2) is 7.94. The summed E-state index contributed by atoms with van der Waals surface area (Å²) < 4.78 is 31.6. The molecule has 26 heavy (non-hydrogen) atoms. The molecule has 1 amide bonds. The minimum Gasteiger partial charge on any atom is -0.378 e. The number of morpholine rings is 1. The van der Waals surface area contributed by atoms with Crippen molar-refractivity contribution in [3.05, 3.63) is 23.8 Å². The van der Waals surface area contributed by atoms with Crippen molar-refractivity contribution in [2.75, 3.05) is 58.4 Å². The minimum atomic E-state index is -3.59. The van der Waals surface area contributed by atoms with E-state index in [4.69, 9.17) is 4.74 Å². The van der Waals surface area contributed by atoms with E-state index in [1.165, 1.54) is 30.9 Å². The Hall–Kier alpha value is -1.64. The van der Waals surface area contributed by atoms with Gasteiger partial charge in [-0.05, 0) is 37.5 Å². The quantitative estimate of drug-likeness (QED) is 0.789. The molecule has 0 unspecified atom stereocenters. The maximum Gasteiger partial charge on any atom is 0.256 e. The van der Waals surface area contributed by atoms with E-state index >= 15 is 0 Å². The summed E-state index contributed by atoms with van der Waals surface area (Å²) in [4.78, 5) is 17.2. The van der Waals surface area contributed by atoms with Gasteiger partial charge in [-0.3, -0.25) is 4.79 Å². The SMILES string of the molecule is CN(C)S(=O)(=O)c1ccc(N2CCCCC2)c(C(=O)N2CCOCC2)c1. The highest BCUT2D eigenvalue weighted by molar-refractivity contribution is 7.89. The van der Waals surface area contributed by atoms with Crippen molar-refractivity contribution in [3.63, 3.8) is 0 Å². The van der Waals surface area contributed by atoms with Crippen molar-refractivity contribution >= 4 is 21.6 Å². The molecule has 2 heterocycles. The van der Waals surface area contributed by atoms with Crippen molar-refractivity contribution in [1.29, 1.82) is 0 Å². The highest BCUT2D eigenvalue weighted by Gasteiger charge is 2.27. The first-order valence-corrected chi connectivity index (χ1v) is 10.5. The Morgan fingerprint density at radius 2 is 1.69 bits per heavy atom. The molecular formula is C18H27N3O4S. The Morgan fingerprint density at radius 1 is 1.04 bits per heavy atom. The van der Waals surface area contributed by atoms with Crippen LogP contribution in [0.5, 0.6) is 0 Å². The van der Waals surface area contributed by atoms with Crippen molar-refractivity contribution in [2.45, 2.75) is 24.2 Å². The first-order valence-electron chi connectivity index (χ1n) is 9.10. The molecule has 0 N–H and O–H groups in total. The fraction of sp³-hybridized carbons (Fsp3) is 0.611. The largest absolute Gasteiger partial charge is 0.378 e. The molecule has 2 aliphatic rings. The van der Waals surface area contributed by atoms with Gasteiger partial charge < -0.3 is 14.5 Å². The minimum absolute atomic E-state index is 0.121.